The molecule has 158 valence electrons. The number of hydrogen-bond acceptors (Lipinski definition) is 4. The highest BCUT2D eigenvalue weighted by Crippen LogP contribution is 2.30. The van der Waals surface area contributed by atoms with Crippen molar-refractivity contribution in [3.8, 4) is 11.5 Å². The molecule has 1 aromatic rings. The topological polar surface area (TPSA) is 40.0 Å². The van der Waals surface area contributed by atoms with E-state index in [1.807, 2.05) is 46.0 Å². The summed E-state index contributed by atoms with van der Waals surface area (Å²) < 4.78 is 12.0. The third-order valence-corrected chi connectivity index (χ3v) is 4.13. The third kappa shape index (κ3) is 10.8. The predicted octanol–water partition coefficient (Wildman–Crippen LogP) is 7.00. The van der Waals surface area contributed by atoms with Crippen LogP contribution in [-0.2, 0) is 11.3 Å². The van der Waals surface area contributed by atoms with Gasteiger partial charge in [0.15, 0.2) is 0 Å². The highest BCUT2D eigenvalue weighted by Gasteiger charge is 2.10. The maximum Gasteiger partial charge on any atom is 0.129 e. The zero-order valence-electron chi connectivity index (χ0n) is 17.7. The van der Waals surface area contributed by atoms with Crippen molar-refractivity contribution in [3.05, 3.63) is 33.8 Å². The number of oxime groups is 1. The van der Waals surface area contributed by atoms with Gasteiger partial charge in [-0.2, -0.15) is 0 Å². The Morgan fingerprint density at radius 1 is 1.11 bits per heavy atom. The van der Waals surface area contributed by atoms with Crippen LogP contribution in [0.4, 0.5) is 0 Å². The van der Waals surface area contributed by atoms with E-state index in [0.29, 0.717) is 13.2 Å². The van der Waals surface area contributed by atoms with Crippen molar-refractivity contribution in [2.24, 2.45) is 5.16 Å². The summed E-state index contributed by atoms with van der Waals surface area (Å²) in [5.41, 5.74) is 1.98. The van der Waals surface area contributed by atoms with E-state index in [9.17, 15) is 0 Å². The molecule has 0 radical (unpaired) electrons. The molecule has 0 saturated carbocycles. The van der Waals surface area contributed by atoms with Crippen molar-refractivity contribution in [1.82, 2.24) is 0 Å². The average Bonchev–Trinajstić information content (AvgIpc) is 2.60. The summed E-state index contributed by atoms with van der Waals surface area (Å²) >= 11 is 11.2. The normalized spacial score (nSPS) is 11.5. The first-order valence-corrected chi connectivity index (χ1v) is 10.6. The Kier molecular flexibility index (Phi) is 11.4. The number of hydrogen-bond donors (Lipinski definition) is 0. The molecule has 0 fully saturated rings. The number of unbranched alkanes of at least 4 members (excludes halogenated alkanes) is 3. The molecule has 4 nitrogen and oxygen atoms in total. The van der Waals surface area contributed by atoms with Crippen molar-refractivity contribution in [3.63, 3.8) is 0 Å². The quantitative estimate of drug-likeness (QED) is 0.204. The Labute approximate surface area is 179 Å². The largest absolute Gasteiger partial charge is 0.493 e. The lowest BCUT2D eigenvalue weighted by molar-refractivity contribution is 0.00156. The maximum absolute atomic E-state index is 6.06. The van der Waals surface area contributed by atoms with Gasteiger partial charge >= 0.3 is 0 Å². The number of aryl methyl sites for hydroxylation is 2. The monoisotopic (exact) mass is 429 g/mol. The van der Waals surface area contributed by atoms with Gasteiger partial charge in [0.25, 0.3) is 0 Å². The summed E-state index contributed by atoms with van der Waals surface area (Å²) in [4.78, 5) is 5.32. The molecular formula is C22H33Cl2NO3. The fraction of sp³-hybridized carbons (Fsp3) is 0.591. The predicted molar refractivity (Wildman–Crippen MR) is 119 cm³/mol. The lowest BCUT2D eigenvalue weighted by atomic mass is 10.1. The van der Waals surface area contributed by atoms with Crippen LogP contribution >= 0.6 is 23.2 Å². The van der Waals surface area contributed by atoms with E-state index < -0.39 is 0 Å². The molecule has 0 aliphatic carbocycles. The summed E-state index contributed by atoms with van der Waals surface area (Å²) in [7, 11) is 0. The van der Waals surface area contributed by atoms with E-state index in [4.69, 9.17) is 37.5 Å². The van der Waals surface area contributed by atoms with Gasteiger partial charge < -0.3 is 14.3 Å². The van der Waals surface area contributed by atoms with E-state index in [0.717, 1.165) is 54.7 Å². The zero-order chi connectivity index (χ0) is 21.0. The van der Waals surface area contributed by atoms with Crippen molar-refractivity contribution in [1.29, 1.82) is 0 Å². The first-order valence-electron chi connectivity index (χ1n) is 9.83. The first kappa shape index (κ1) is 24.6. The molecule has 0 N–H and O–H groups in total. The van der Waals surface area contributed by atoms with Crippen LogP contribution in [0, 0.1) is 6.92 Å². The highest BCUT2D eigenvalue weighted by molar-refractivity contribution is 6.55. The summed E-state index contributed by atoms with van der Waals surface area (Å²) in [6.07, 6.45) is 8.43. The van der Waals surface area contributed by atoms with E-state index in [-0.39, 0.29) is 10.1 Å². The minimum atomic E-state index is -0.229. The van der Waals surface area contributed by atoms with Crippen LogP contribution in [0.25, 0.3) is 0 Å². The minimum absolute atomic E-state index is 0.209. The van der Waals surface area contributed by atoms with E-state index in [1.165, 1.54) is 0 Å². The smallest absolute Gasteiger partial charge is 0.129 e. The van der Waals surface area contributed by atoms with Gasteiger partial charge in [0.1, 0.15) is 28.2 Å². The molecule has 0 aromatic heterocycles. The van der Waals surface area contributed by atoms with E-state index >= 15 is 0 Å². The van der Waals surface area contributed by atoms with Crippen LogP contribution in [0.1, 0.15) is 64.5 Å². The molecule has 0 bridgehead atoms. The number of halogens is 2. The van der Waals surface area contributed by atoms with Crippen molar-refractivity contribution < 1.29 is 14.3 Å². The molecule has 0 spiro atoms. The molecule has 0 aliphatic rings. The second-order valence-corrected chi connectivity index (χ2v) is 8.58. The molecule has 1 aromatic carbocycles. The van der Waals surface area contributed by atoms with Gasteiger partial charge in [-0.25, -0.2) is 0 Å². The summed E-state index contributed by atoms with van der Waals surface area (Å²) in [5, 5.41) is 4.00. The lowest BCUT2D eigenvalue weighted by Gasteiger charge is -2.16. The van der Waals surface area contributed by atoms with Gasteiger partial charge in [-0.05, 0) is 89.1 Å². The molecular weight excluding hydrogens is 397 g/mol. The van der Waals surface area contributed by atoms with Gasteiger partial charge in [-0.1, -0.05) is 35.3 Å². The highest BCUT2D eigenvalue weighted by atomic mass is 35.5. The Morgan fingerprint density at radius 2 is 1.86 bits per heavy atom. The Bertz CT molecular complexity index is 648. The van der Waals surface area contributed by atoms with Crippen LogP contribution in [-0.4, -0.2) is 25.0 Å². The fourth-order valence-electron chi connectivity index (χ4n) is 2.50. The van der Waals surface area contributed by atoms with Gasteiger partial charge in [0.2, 0.25) is 0 Å². The molecule has 0 unspecified atom stereocenters. The Hall–Kier alpha value is -1.39. The van der Waals surface area contributed by atoms with Gasteiger partial charge in [-0.3, -0.25) is 0 Å². The molecule has 0 aliphatic heterocycles. The zero-order valence-corrected chi connectivity index (χ0v) is 19.2. The van der Waals surface area contributed by atoms with E-state index in [2.05, 4.69) is 12.1 Å². The van der Waals surface area contributed by atoms with Crippen LogP contribution in [0.3, 0.4) is 0 Å². The molecule has 6 heteroatoms. The fourth-order valence-corrected chi connectivity index (χ4v) is 2.63. The lowest BCUT2D eigenvalue weighted by Crippen LogP contribution is -2.15. The van der Waals surface area contributed by atoms with E-state index in [1.54, 1.807) is 6.08 Å². The molecule has 0 atom stereocenters. The van der Waals surface area contributed by atoms with Crippen LogP contribution in [0.2, 0.25) is 0 Å². The standard InChI is InChI=1S/C22H33Cl2NO3/c1-6-18-16-19(26-14-11-20(23)24)15-17(2)21(18)27-13-10-8-7-9-12-25-28-22(3,4)5/h11-12,15-16H,6-10,13-14H2,1-5H3/b25-12+. The Balaban J connectivity index is 2.40. The number of nitrogens with zero attached hydrogens (tertiary/aromatic N) is 1. The number of benzene rings is 1. The first-order chi connectivity index (χ1) is 13.2. The maximum atomic E-state index is 6.06. The summed E-state index contributed by atoms with van der Waals surface area (Å²) in [6, 6.07) is 4.00. The minimum Gasteiger partial charge on any atom is -0.493 e. The Morgan fingerprint density at radius 3 is 2.50 bits per heavy atom. The molecule has 0 heterocycles. The van der Waals surface area contributed by atoms with Crippen molar-refractivity contribution >= 4 is 29.4 Å². The van der Waals surface area contributed by atoms with Gasteiger partial charge in [-0.15, -0.1) is 0 Å². The second-order valence-electron chi connectivity index (χ2n) is 7.58. The molecule has 0 saturated heterocycles. The van der Waals surface area contributed by atoms with Crippen LogP contribution in [0.5, 0.6) is 11.5 Å². The SMILES string of the molecule is CCc1cc(OCC=C(Cl)Cl)cc(C)c1OCCCCC/C=N/OC(C)(C)C. The third-order valence-electron chi connectivity index (χ3n) is 3.82. The second kappa shape index (κ2) is 12.9. The molecule has 0 amide bonds. The van der Waals surface area contributed by atoms with Crippen molar-refractivity contribution in [2.45, 2.75) is 72.3 Å². The molecule has 1 rings (SSSR count). The molecule has 28 heavy (non-hydrogen) atoms. The summed E-state index contributed by atoms with van der Waals surface area (Å²) in [6.45, 7) is 11.2. The number of rotatable bonds is 12. The summed E-state index contributed by atoms with van der Waals surface area (Å²) in [5.74, 6) is 1.75. The van der Waals surface area contributed by atoms with Crippen molar-refractivity contribution in [2.75, 3.05) is 13.2 Å². The average molecular weight is 430 g/mol. The van der Waals surface area contributed by atoms with Gasteiger partial charge in [0.05, 0.1) is 6.61 Å². The number of ether oxygens (including phenoxy) is 2. The van der Waals surface area contributed by atoms with Gasteiger partial charge in [0, 0.05) is 6.21 Å². The van der Waals surface area contributed by atoms with Crippen LogP contribution in [0.15, 0.2) is 27.9 Å². The van der Waals surface area contributed by atoms with Crippen LogP contribution < -0.4 is 9.47 Å².